The van der Waals surface area contributed by atoms with E-state index < -0.39 is 0 Å². The van der Waals surface area contributed by atoms with Gasteiger partial charge in [0.1, 0.15) is 0 Å². The molecule has 1 aromatic rings. The quantitative estimate of drug-likeness (QED) is 0.334. The molecule has 4 nitrogen and oxygen atoms in total. The summed E-state index contributed by atoms with van der Waals surface area (Å²) in [6.45, 7) is 0.755. The van der Waals surface area contributed by atoms with Gasteiger partial charge in [-0.15, -0.1) is 11.8 Å². The summed E-state index contributed by atoms with van der Waals surface area (Å²) < 4.78 is 0. The monoisotopic (exact) mass is 337 g/mol. The van der Waals surface area contributed by atoms with E-state index in [0.717, 1.165) is 38.0 Å². The molecule has 0 aromatic heterocycles. The maximum absolute atomic E-state index is 12.0. The molecule has 0 aliphatic heterocycles. The van der Waals surface area contributed by atoms with Crippen LogP contribution in [0.5, 0.6) is 0 Å². The lowest BCUT2D eigenvalue weighted by molar-refractivity contribution is -0.126. The van der Waals surface area contributed by atoms with Gasteiger partial charge in [0.2, 0.25) is 5.91 Å². The van der Waals surface area contributed by atoms with Crippen LogP contribution in [-0.4, -0.2) is 23.3 Å². The van der Waals surface area contributed by atoms with E-state index in [1.807, 2.05) is 18.2 Å². The molecule has 1 aromatic carbocycles. The largest absolute Gasteiger partial charge is 0.361 e. The van der Waals surface area contributed by atoms with Crippen LogP contribution in [0.25, 0.3) is 0 Å². The summed E-state index contributed by atoms with van der Waals surface area (Å²) in [5, 5.41) is 3.57. The minimum absolute atomic E-state index is 0.0579. The van der Waals surface area contributed by atoms with E-state index in [4.69, 9.17) is 12.2 Å². The van der Waals surface area contributed by atoms with E-state index in [2.05, 4.69) is 28.3 Å². The third kappa shape index (κ3) is 6.23. The van der Waals surface area contributed by atoms with Crippen LogP contribution in [0.3, 0.4) is 0 Å². The molecule has 0 spiro atoms. The summed E-state index contributed by atoms with van der Waals surface area (Å²) >= 11 is 6.93. The van der Waals surface area contributed by atoms with Crippen LogP contribution in [0.4, 0.5) is 0 Å². The number of nitrogens with one attached hydrogen (secondary N) is 3. The Morgan fingerprint density at radius 2 is 1.86 bits per heavy atom. The first-order valence-corrected chi connectivity index (χ1v) is 9.16. The summed E-state index contributed by atoms with van der Waals surface area (Å²) in [5.74, 6) is 1.11. The lowest BCUT2D eigenvalue weighted by Gasteiger charge is -2.21. The zero-order valence-corrected chi connectivity index (χ0v) is 14.3. The number of thioether (sulfide) groups is 1. The van der Waals surface area contributed by atoms with Gasteiger partial charge in [-0.25, -0.2) is 0 Å². The van der Waals surface area contributed by atoms with Crippen molar-refractivity contribution in [3.8, 4) is 0 Å². The summed E-state index contributed by atoms with van der Waals surface area (Å²) in [6.07, 6.45) is 5.52. The van der Waals surface area contributed by atoms with E-state index in [9.17, 15) is 4.79 Å². The summed E-state index contributed by atoms with van der Waals surface area (Å²) in [5.41, 5.74) is 5.50. The Balaban J connectivity index is 1.55. The normalized spacial score (nSPS) is 15.1. The fourth-order valence-corrected chi connectivity index (χ4v) is 3.42. The van der Waals surface area contributed by atoms with Gasteiger partial charge in [0, 0.05) is 23.1 Å². The molecule has 1 amide bonds. The minimum Gasteiger partial charge on any atom is -0.361 e. The molecule has 22 heavy (non-hydrogen) atoms. The average Bonchev–Trinajstić information content (AvgIpc) is 2.58. The van der Waals surface area contributed by atoms with Crippen molar-refractivity contribution in [1.29, 1.82) is 0 Å². The Hall–Kier alpha value is -1.27. The van der Waals surface area contributed by atoms with Crippen LogP contribution in [0.2, 0.25) is 0 Å². The van der Waals surface area contributed by atoms with Gasteiger partial charge < -0.3 is 5.32 Å². The molecule has 120 valence electrons. The Bertz CT molecular complexity index is 476. The molecule has 1 saturated carbocycles. The van der Waals surface area contributed by atoms with E-state index in [1.54, 1.807) is 11.8 Å². The Labute approximate surface area is 141 Å². The number of carbonyl (C=O) groups is 1. The highest BCUT2D eigenvalue weighted by molar-refractivity contribution is 7.99. The second-order valence-electron chi connectivity index (χ2n) is 5.37. The maximum Gasteiger partial charge on any atom is 0.241 e. The van der Waals surface area contributed by atoms with Crippen LogP contribution in [0.1, 0.15) is 32.1 Å². The Morgan fingerprint density at radius 1 is 1.14 bits per heavy atom. The van der Waals surface area contributed by atoms with Crippen molar-refractivity contribution in [1.82, 2.24) is 16.2 Å². The molecule has 0 atom stereocenters. The van der Waals surface area contributed by atoms with E-state index in [-0.39, 0.29) is 11.8 Å². The van der Waals surface area contributed by atoms with E-state index in [1.165, 1.54) is 11.3 Å². The van der Waals surface area contributed by atoms with Crippen LogP contribution >= 0.6 is 24.0 Å². The van der Waals surface area contributed by atoms with Crippen LogP contribution < -0.4 is 16.2 Å². The highest BCUT2D eigenvalue weighted by atomic mass is 32.2. The first kappa shape index (κ1) is 17.1. The highest BCUT2D eigenvalue weighted by Crippen LogP contribution is 2.23. The Kier molecular flexibility index (Phi) is 7.53. The molecular weight excluding hydrogens is 314 g/mol. The van der Waals surface area contributed by atoms with Gasteiger partial charge in [-0.05, 0) is 37.2 Å². The van der Waals surface area contributed by atoms with Gasteiger partial charge in [-0.2, -0.15) is 0 Å². The van der Waals surface area contributed by atoms with E-state index >= 15 is 0 Å². The predicted octanol–water partition coefficient (Wildman–Crippen LogP) is 2.85. The standard InChI is InChI=1S/C16H23N3OS2/c20-15(13-7-3-1-4-8-13)18-19-16(21)17-11-12-22-14-9-5-2-6-10-14/h2,5-6,9-10,13H,1,3-4,7-8,11-12H2,(H,18,20)(H2,17,19,21). The number of rotatable bonds is 5. The van der Waals surface area contributed by atoms with Crippen LogP contribution in [-0.2, 0) is 4.79 Å². The number of amides is 1. The summed E-state index contributed by atoms with van der Waals surface area (Å²) in [7, 11) is 0. The highest BCUT2D eigenvalue weighted by Gasteiger charge is 2.20. The first-order chi connectivity index (χ1) is 10.8. The molecule has 6 heteroatoms. The molecule has 0 radical (unpaired) electrons. The van der Waals surface area contributed by atoms with Gasteiger partial charge in [0.25, 0.3) is 0 Å². The molecule has 3 N–H and O–H groups in total. The number of thiocarbonyl (C=S) groups is 1. The summed E-state index contributed by atoms with van der Waals surface area (Å²) in [6, 6.07) is 10.2. The van der Waals surface area contributed by atoms with Crippen molar-refractivity contribution < 1.29 is 4.79 Å². The molecule has 1 fully saturated rings. The van der Waals surface area contributed by atoms with Gasteiger partial charge >= 0.3 is 0 Å². The number of hydrazine groups is 1. The summed E-state index contributed by atoms with van der Waals surface area (Å²) in [4.78, 5) is 13.2. The number of hydrogen-bond donors (Lipinski definition) is 3. The van der Waals surface area contributed by atoms with Gasteiger partial charge in [0.05, 0.1) is 0 Å². The molecule has 1 aliphatic rings. The first-order valence-electron chi connectivity index (χ1n) is 7.77. The lowest BCUT2D eigenvalue weighted by atomic mass is 9.89. The lowest BCUT2D eigenvalue weighted by Crippen LogP contribution is -2.49. The molecule has 0 bridgehead atoms. The molecular formula is C16H23N3OS2. The molecule has 0 unspecified atom stereocenters. The van der Waals surface area contributed by atoms with Crippen molar-refractivity contribution >= 4 is 35.0 Å². The van der Waals surface area contributed by atoms with Crippen molar-refractivity contribution in [2.24, 2.45) is 5.92 Å². The average molecular weight is 338 g/mol. The smallest absolute Gasteiger partial charge is 0.241 e. The maximum atomic E-state index is 12.0. The van der Waals surface area contributed by atoms with Gasteiger partial charge in [0.15, 0.2) is 5.11 Å². The third-order valence-electron chi connectivity index (χ3n) is 3.67. The second-order valence-corrected chi connectivity index (χ2v) is 6.94. The molecule has 2 rings (SSSR count). The van der Waals surface area contributed by atoms with Crippen molar-refractivity contribution in [2.45, 2.75) is 37.0 Å². The third-order valence-corrected chi connectivity index (χ3v) is 4.93. The predicted molar refractivity (Wildman–Crippen MR) is 95.6 cm³/mol. The van der Waals surface area contributed by atoms with Crippen molar-refractivity contribution in [3.63, 3.8) is 0 Å². The van der Waals surface area contributed by atoms with Crippen molar-refractivity contribution in [2.75, 3.05) is 12.3 Å². The number of carbonyl (C=O) groups excluding carboxylic acids is 1. The molecule has 0 heterocycles. The molecule has 1 aliphatic carbocycles. The van der Waals surface area contributed by atoms with E-state index in [0.29, 0.717) is 5.11 Å². The van der Waals surface area contributed by atoms with Gasteiger partial charge in [-0.1, -0.05) is 37.5 Å². The molecule has 0 saturated heterocycles. The van der Waals surface area contributed by atoms with Crippen LogP contribution in [0.15, 0.2) is 35.2 Å². The SMILES string of the molecule is O=C(NNC(=S)NCCSc1ccccc1)C1CCCCC1. The fraction of sp³-hybridized carbons (Fsp3) is 0.500. The topological polar surface area (TPSA) is 53.2 Å². The Morgan fingerprint density at radius 3 is 2.59 bits per heavy atom. The van der Waals surface area contributed by atoms with Gasteiger partial charge in [-0.3, -0.25) is 15.6 Å². The number of benzene rings is 1. The van der Waals surface area contributed by atoms with Crippen molar-refractivity contribution in [3.05, 3.63) is 30.3 Å². The van der Waals surface area contributed by atoms with Crippen LogP contribution in [0, 0.1) is 5.92 Å². The second kappa shape index (κ2) is 9.69. The zero-order valence-electron chi connectivity index (χ0n) is 12.6. The minimum atomic E-state index is 0.0579. The fourth-order valence-electron chi connectivity index (χ4n) is 2.48. The zero-order chi connectivity index (χ0) is 15.6. The number of hydrogen-bond acceptors (Lipinski definition) is 3.